The van der Waals surface area contributed by atoms with Crippen LogP contribution in [0.4, 0.5) is 0 Å². The van der Waals surface area contributed by atoms with Crippen LogP contribution in [0.15, 0.2) is 0 Å². The molecule has 1 saturated heterocycles. The molecule has 1 heterocycles. The lowest BCUT2D eigenvalue weighted by atomic mass is 9.72. The number of carbonyl (C=O) groups is 1. The fourth-order valence-corrected chi connectivity index (χ4v) is 3.64. The summed E-state index contributed by atoms with van der Waals surface area (Å²) in [5.41, 5.74) is 5.64. The van der Waals surface area contributed by atoms with Crippen LogP contribution >= 0.6 is 0 Å². The highest BCUT2D eigenvalue weighted by Gasteiger charge is 2.42. The van der Waals surface area contributed by atoms with E-state index >= 15 is 0 Å². The summed E-state index contributed by atoms with van der Waals surface area (Å²) in [4.78, 5) is 14.0. The molecule has 1 saturated carbocycles. The molecule has 0 bridgehead atoms. The maximum atomic E-state index is 11.7. The third kappa shape index (κ3) is 2.65. The van der Waals surface area contributed by atoms with Crippen molar-refractivity contribution in [3.8, 4) is 0 Å². The van der Waals surface area contributed by atoms with Crippen molar-refractivity contribution in [3.05, 3.63) is 0 Å². The molecular formula is C14H26N2O. The average molecular weight is 238 g/mol. The number of amides is 1. The summed E-state index contributed by atoms with van der Waals surface area (Å²) in [7, 11) is 0. The van der Waals surface area contributed by atoms with Crippen LogP contribution in [0.2, 0.25) is 0 Å². The number of nitrogens with zero attached hydrogens (tertiary/aromatic N) is 1. The monoisotopic (exact) mass is 238 g/mol. The molecule has 3 nitrogen and oxygen atoms in total. The second kappa shape index (κ2) is 4.60. The Kier molecular flexibility index (Phi) is 3.48. The fourth-order valence-electron chi connectivity index (χ4n) is 3.64. The summed E-state index contributed by atoms with van der Waals surface area (Å²) in [6, 6.07) is -0.0469. The van der Waals surface area contributed by atoms with E-state index < -0.39 is 0 Å². The van der Waals surface area contributed by atoms with Gasteiger partial charge in [-0.2, -0.15) is 0 Å². The minimum Gasteiger partial charge on any atom is -0.368 e. The Morgan fingerprint density at radius 2 is 1.76 bits per heavy atom. The lowest BCUT2D eigenvalue weighted by Gasteiger charge is -2.50. The Labute approximate surface area is 105 Å². The van der Waals surface area contributed by atoms with Crippen molar-refractivity contribution in [2.24, 2.45) is 17.6 Å². The van der Waals surface area contributed by atoms with Crippen molar-refractivity contribution < 1.29 is 4.79 Å². The van der Waals surface area contributed by atoms with Gasteiger partial charge in [-0.3, -0.25) is 9.69 Å². The number of likely N-dealkylation sites (tertiary alicyclic amines) is 1. The van der Waals surface area contributed by atoms with Crippen LogP contribution in [0.1, 0.15) is 52.9 Å². The Hall–Kier alpha value is -0.570. The molecule has 3 atom stereocenters. The lowest BCUT2D eigenvalue weighted by molar-refractivity contribution is -0.130. The van der Waals surface area contributed by atoms with Gasteiger partial charge in [0.05, 0.1) is 6.04 Å². The van der Waals surface area contributed by atoms with E-state index in [4.69, 9.17) is 5.73 Å². The summed E-state index contributed by atoms with van der Waals surface area (Å²) in [5.74, 6) is 1.39. The molecule has 2 N–H and O–H groups in total. The predicted molar refractivity (Wildman–Crippen MR) is 69.5 cm³/mol. The van der Waals surface area contributed by atoms with E-state index in [9.17, 15) is 4.79 Å². The van der Waals surface area contributed by atoms with Crippen LogP contribution in [-0.4, -0.2) is 28.9 Å². The van der Waals surface area contributed by atoms with Crippen molar-refractivity contribution in [1.29, 1.82) is 0 Å². The SMILES string of the molecule is CC(C)(C)N1CC2CCCCC2CC1C(N)=O. The molecule has 0 radical (unpaired) electrons. The topological polar surface area (TPSA) is 46.3 Å². The second-order valence-electron chi connectivity index (χ2n) is 6.78. The molecule has 3 heteroatoms. The molecule has 2 rings (SSSR count). The maximum absolute atomic E-state index is 11.7. The standard InChI is InChI=1S/C14H26N2O/c1-14(2,3)16-9-11-7-5-4-6-10(11)8-12(16)13(15)17/h10-12H,4-9H2,1-3H3,(H2,15,17). The Morgan fingerprint density at radius 3 is 2.29 bits per heavy atom. The molecule has 98 valence electrons. The molecule has 0 aromatic carbocycles. The number of fused-ring (bicyclic) bond motifs is 1. The molecule has 2 fully saturated rings. The molecule has 1 aliphatic carbocycles. The molecule has 17 heavy (non-hydrogen) atoms. The first-order valence-electron chi connectivity index (χ1n) is 6.95. The molecule has 0 aromatic rings. The van der Waals surface area contributed by atoms with Gasteiger partial charge in [0.1, 0.15) is 0 Å². The zero-order chi connectivity index (χ0) is 12.6. The number of rotatable bonds is 1. The zero-order valence-electron chi connectivity index (χ0n) is 11.4. The number of hydrogen-bond donors (Lipinski definition) is 1. The number of hydrogen-bond acceptors (Lipinski definition) is 2. The maximum Gasteiger partial charge on any atom is 0.234 e. The Balaban J connectivity index is 2.16. The first-order valence-corrected chi connectivity index (χ1v) is 6.95. The molecule has 0 aromatic heterocycles. The third-order valence-corrected chi connectivity index (χ3v) is 4.59. The third-order valence-electron chi connectivity index (χ3n) is 4.59. The summed E-state index contributed by atoms with van der Waals surface area (Å²) in [5, 5.41) is 0. The van der Waals surface area contributed by atoms with Gasteiger partial charge in [0.2, 0.25) is 5.91 Å². The van der Waals surface area contributed by atoms with E-state index in [0.29, 0.717) is 0 Å². The minimum atomic E-state index is -0.135. The quantitative estimate of drug-likeness (QED) is 0.761. The van der Waals surface area contributed by atoms with Crippen molar-refractivity contribution in [2.45, 2.75) is 64.5 Å². The van der Waals surface area contributed by atoms with Crippen LogP contribution < -0.4 is 5.73 Å². The first kappa shape index (κ1) is 12.9. The number of nitrogens with two attached hydrogens (primary N) is 1. The second-order valence-corrected chi connectivity index (χ2v) is 6.78. The van der Waals surface area contributed by atoms with Crippen molar-refractivity contribution >= 4 is 5.91 Å². The summed E-state index contributed by atoms with van der Waals surface area (Å²) >= 11 is 0. The van der Waals surface area contributed by atoms with Gasteiger partial charge in [-0.05, 0) is 45.4 Å². The number of primary amides is 1. The van der Waals surface area contributed by atoms with Gasteiger partial charge in [0.25, 0.3) is 0 Å². The average Bonchev–Trinajstić information content (AvgIpc) is 2.26. The molecule has 3 unspecified atom stereocenters. The summed E-state index contributed by atoms with van der Waals surface area (Å²) in [6.07, 6.45) is 6.31. The Bertz CT molecular complexity index is 295. The van der Waals surface area contributed by atoms with Crippen molar-refractivity contribution in [3.63, 3.8) is 0 Å². The number of carbonyl (C=O) groups excluding carboxylic acids is 1. The van der Waals surface area contributed by atoms with Crippen LogP contribution in [-0.2, 0) is 4.79 Å². The van der Waals surface area contributed by atoms with E-state index in [1.165, 1.54) is 25.7 Å². The van der Waals surface area contributed by atoms with E-state index in [0.717, 1.165) is 24.8 Å². The molecule has 1 amide bonds. The van der Waals surface area contributed by atoms with Crippen molar-refractivity contribution in [1.82, 2.24) is 4.90 Å². The summed E-state index contributed by atoms with van der Waals surface area (Å²) < 4.78 is 0. The first-order chi connectivity index (χ1) is 7.89. The van der Waals surface area contributed by atoms with E-state index in [2.05, 4.69) is 25.7 Å². The van der Waals surface area contributed by atoms with Gasteiger partial charge in [-0.25, -0.2) is 0 Å². The lowest BCUT2D eigenvalue weighted by Crippen LogP contribution is -2.59. The highest BCUT2D eigenvalue weighted by Crippen LogP contribution is 2.40. The van der Waals surface area contributed by atoms with Gasteiger partial charge >= 0.3 is 0 Å². The van der Waals surface area contributed by atoms with E-state index in [1.807, 2.05) is 0 Å². The van der Waals surface area contributed by atoms with Crippen molar-refractivity contribution in [2.75, 3.05) is 6.54 Å². The highest BCUT2D eigenvalue weighted by molar-refractivity contribution is 5.80. The predicted octanol–water partition coefficient (Wildman–Crippen LogP) is 2.15. The molecule has 1 aliphatic heterocycles. The van der Waals surface area contributed by atoms with Gasteiger partial charge in [0, 0.05) is 12.1 Å². The van der Waals surface area contributed by atoms with Gasteiger partial charge in [0.15, 0.2) is 0 Å². The van der Waals surface area contributed by atoms with Gasteiger partial charge < -0.3 is 5.73 Å². The zero-order valence-corrected chi connectivity index (χ0v) is 11.4. The highest BCUT2D eigenvalue weighted by atomic mass is 16.1. The summed E-state index contributed by atoms with van der Waals surface area (Å²) in [6.45, 7) is 7.62. The number of piperidine rings is 1. The largest absolute Gasteiger partial charge is 0.368 e. The van der Waals surface area contributed by atoms with Gasteiger partial charge in [-0.15, -0.1) is 0 Å². The molecular weight excluding hydrogens is 212 g/mol. The fraction of sp³-hybridized carbons (Fsp3) is 0.929. The van der Waals surface area contributed by atoms with Gasteiger partial charge in [-0.1, -0.05) is 19.3 Å². The Morgan fingerprint density at radius 1 is 1.18 bits per heavy atom. The molecule has 2 aliphatic rings. The van der Waals surface area contributed by atoms with Crippen LogP contribution in [0.5, 0.6) is 0 Å². The van der Waals surface area contributed by atoms with Crippen LogP contribution in [0.3, 0.4) is 0 Å². The normalized spacial score (nSPS) is 35.4. The van der Waals surface area contributed by atoms with Crippen LogP contribution in [0, 0.1) is 11.8 Å². The minimum absolute atomic E-state index is 0.0438. The smallest absolute Gasteiger partial charge is 0.234 e. The van der Waals surface area contributed by atoms with E-state index in [-0.39, 0.29) is 17.5 Å². The van der Waals surface area contributed by atoms with E-state index in [1.54, 1.807) is 0 Å². The van der Waals surface area contributed by atoms with Crippen LogP contribution in [0.25, 0.3) is 0 Å². The molecule has 0 spiro atoms.